The number of benzene rings is 1. The van der Waals surface area contributed by atoms with E-state index in [-0.39, 0.29) is 0 Å². The minimum Gasteiger partial charge on any atom is -0.345 e. The van der Waals surface area contributed by atoms with Crippen LogP contribution in [0.25, 0.3) is 21.3 Å². The molecule has 0 saturated heterocycles. The van der Waals surface area contributed by atoms with E-state index < -0.39 is 30.7 Å². The fourth-order valence-electron chi connectivity index (χ4n) is 2.33. The van der Waals surface area contributed by atoms with Crippen molar-refractivity contribution in [2.24, 2.45) is 0 Å². The molecule has 0 fully saturated rings. The first-order valence-corrected chi connectivity index (χ1v) is 8.98. The Balaban J connectivity index is 1.93. The van der Waals surface area contributed by atoms with E-state index in [1.807, 2.05) is 24.3 Å². The Morgan fingerprint density at radius 3 is 2.62 bits per heavy atom. The molecule has 0 aliphatic carbocycles. The smallest absolute Gasteiger partial charge is 0.345 e. The van der Waals surface area contributed by atoms with Crippen LogP contribution in [0.15, 0.2) is 45.2 Å². The van der Waals surface area contributed by atoms with Crippen LogP contribution in [-0.2, 0) is 11.3 Å². The normalized spacial score (nSPS) is 11.7. The van der Waals surface area contributed by atoms with Crippen LogP contribution in [0.3, 0.4) is 0 Å². The maximum absolute atomic E-state index is 12.7. The number of nitrogens with zero attached hydrogens (tertiary/aromatic N) is 2. The van der Waals surface area contributed by atoms with Gasteiger partial charge in [0.2, 0.25) is 5.91 Å². The number of rotatable bonds is 4. The summed E-state index contributed by atoms with van der Waals surface area (Å²) in [6.45, 7) is -1.98. The van der Waals surface area contributed by atoms with Crippen LogP contribution in [0.1, 0.15) is 0 Å². The average Bonchev–Trinajstić information content (AvgIpc) is 3.00. The molecule has 0 spiro atoms. The SMILES string of the molecule is O=C(Cn1cnc2scc(-c3ccc(Br)cc3)c2c1=O)NCC(F)(F)F. The fraction of sp³-hybridized carbons (Fsp3) is 0.188. The van der Waals surface area contributed by atoms with Crippen LogP contribution < -0.4 is 10.9 Å². The van der Waals surface area contributed by atoms with Crippen LogP contribution in [0.4, 0.5) is 13.2 Å². The van der Waals surface area contributed by atoms with Gasteiger partial charge in [-0.25, -0.2) is 4.98 Å². The molecule has 10 heteroatoms. The molecule has 26 heavy (non-hydrogen) atoms. The number of fused-ring (bicyclic) bond motifs is 1. The second kappa shape index (κ2) is 7.20. The number of alkyl halides is 3. The van der Waals surface area contributed by atoms with Gasteiger partial charge in [0, 0.05) is 15.4 Å². The third-order valence-corrected chi connectivity index (χ3v) is 4.93. The second-order valence-corrected chi connectivity index (χ2v) is 7.18. The summed E-state index contributed by atoms with van der Waals surface area (Å²) in [4.78, 5) is 29.0. The second-order valence-electron chi connectivity index (χ2n) is 5.41. The van der Waals surface area contributed by atoms with Gasteiger partial charge >= 0.3 is 6.18 Å². The van der Waals surface area contributed by atoms with Crippen LogP contribution >= 0.6 is 27.3 Å². The van der Waals surface area contributed by atoms with Crippen LogP contribution in [0.5, 0.6) is 0 Å². The van der Waals surface area contributed by atoms with E-state index in [2.05, 4.69) is 20.9 Å². The van der Waals surface area contributed by atoms with Gasteiger partial charge in [-0.05, 0) is 17.7 Å². The number of carbonyl (C=O) groups is 1. The first kappa shape index (κ1) is 18.6. The van der Waals surface area contributed by atoms with Crippen molar-refractivity contribution < 1.29 is 18.0 Å². The van der Waals surface area contributed by atoms with Crippen molar-refractivity contribution >= 4 is 43.4 Å². The zero-order valence-corrected chi connectivity index (χ0v) is 15.4. The van der Waals surface area contributed by atoms with Gasteiger partial charge in [-0.1, -0.05) is 28.1 Å². The summed E-state index contributed by atoms with van der Waals surface area (Å²) in [7, 11) is 0. The summed E-state index contributed by atoms with van der Waals surface area (Å²) in [6, 6.07) is 7.33. The van der Waals surface area contributed by atoms with Gasteiger partial charge in [0.25, 0.3) is 5.56 Å². The molecule has 2 heterocycles. The average molecular weight is 446 g/mol. The molecular weight excluding hydrogens is 435 g/mol. The number of hydrogen-bond donors (Lipinski definition) is 1. The predicted molar refractivity (Wildman–Crippen MR) is 96.1 cm³/mol. The maximum Gasteiger partial charge on any atom is 0.405 e. The quantitative estimate of drug-likeness (QED) is 0.667. The summed E-state index contributed by atoms with van der Waals surface area (Å²) >= 11 is 4.62. The van der Waals surface area contributed by atoms with Crippen molar-refractivity contribution in [3.8, 4) is 11.1 Å². The third kappa shape index (κ3) is 4.13. The zero-order chi connectivity index (χ0) is 18.9. The summed E-state index contributed by atoms with van der Waals surface area (Å²) in [5, 5.41) is 3.86. The van der Waals surface area contributed by atoms with Crippen molar-refractivity contribution in [2.45, 2.75) is 12.7 Å². The van der Waals surface area contributed by atoms with Gasteiger partial charge in [0.05, 0.1) is 11.7 Å². The zero-order valence-electron chi connectivity index (χ0n) is 13.0. The molecule has 136 valence electrons. The Kier molecular flexibility index (Phi) is 5.15. The highest BCUT2D eigenvalue weighted by Gasteiger charge is 2.27. The van der Waals surface area contributed by atoms with Gasteiger partial charge in [-0.3, -0.25) is 14.2 Å². The summed E-state index contributed by atoms with van der Waals surface area (Å²) in [5.41, 5.74) is 0.994. The summed E-state index contributed by atoms with van der Waals surface area (Å²) in [5.74, 6) is -0.911. The van der Waals surface area contributed by atoms with Crippen molar-refractivity contribution in [3.05, 3.63) is 50.8 Å². The van der Waals surface area contributed by atoms with E-state index in [4.69, 9.17) is 0 Å². The minimum atomic E-state index is -4.51. The lowest BCUT2D eigenvalue weighted by Crippen LogP contribution is -2.37. The van der Waals surface area contributed by atoms with E-state index >= 15 is 0 Å². The highest BCUT2D eigenvalue weighted by atomic mass is 79.9. The molecule has 1 amide bonds. The lowest BCUT2D eigenvalue weighted by molar-refractivity contribution is -0.138. The number of aromatic nitrogens is 2. The molecule has 5 nitrogen and oxygen atoms in total. The Bertz CT molecular complexity index is 1010. The number of halogens is 4. The molecule has 0 unspecified atom stereocenters. The predicted octanol–water partition coefficient (Wildman–Crippen LogP) is 3.57. The molecule has 0 saturated carbocycles. The van der Waals surface area contributed by atoms with Gasteiger partial charge in [-0.2, -0.15) is 13.2 Å². The number of carbonyl (C=O) groups excluding carboxylic acids is 1. The molecule has 0 aliphatic rings. The third-order valence-electron chi connectivity index (χ3n) is 3.52. The minimum absolute atomic E-state index is 0.337. The molecule has 1 aromatic carbocycles. The Morgan fingerprint density at radius 1 is 1.27 bits per heavy atom. The largest absolute Gasteiger partial charge is 0.405 e. The lowest BCUT2D eigenvalue weighted by atomic mass is 10.1. The van der Waals surface area contributed by atoms with Gasteiger partial charge in [0.1, 0.15) is 17.9 Å². The van der Waals surface area contributed by atoms with E-state index in [0.29, 0.717) is 15.8 Å². The standard InChI is InChI=1S/C16H11BrF3N3O2S/c17-10-3-1-9(2-4-10)11-6-26-14-13(11)15(25)23(8-22-14)5-12(24)21-7-16(18,19)20/h1-4,6,8H,5,7H2,(H,21,24). The number of hydrogen-bond acceptors (Lipinski definition) is 4. The van der Waals surface area contributed by atoms with Gasteiger partial charge < -0.3 is 5.32 Å². The van der Waals surface area contributed by atoms with Crippen LogP contribution in [-0.4, -0.2) is 28.2 Å². The first-order chi connectivity index (χ1) is 12.2. The fourth-order valence-corrected chi connectivity index (χ4v) is 3.50. The number of nitrogens with one attached hydrogen (secondary N) is 1. The monoisotopic (exact) mass is 445 g/mol. The first-order valence-electron chi connectivity index (χ1n) is 7.30. The van der Waals surface area contributed by atoms with Crippen molar-refractivity contribution in [3.63, 3.8) is 0 Å². The highest BCUT2D eigenvalue weighted by molar-refractivity contribution is 9.10. The highest BCUT2D eigenvalue weighted by Crippen LogP contribution is 2.31. The molecule has 0 aliphatic heterocycles. The Morgan fingerprint density at radius 2 is 1.96 bits per heavy atom. The molecule has 3 aromatic rings. The van der Waals surface area contributed by atoms with Crippen LogP contribution in [0.2, 0.25) is 0 Å². The van der Waals surface area contributed by atoms with Crippen molar-refractivity contribution in [1.82, 2.24) is 14.9 Å². The Hall–Kier alpha value is -2.20. The molecule has 1 N–H and O–H groups in total. The topological polar surface area (TPSA) is 64.0 Å². The molecule has 0 bridgehead atoms. The molecule has 0 atom stereocenters. The molecule has 3 rings (SSSR count). The van der Waals surface area contributed by atoms with Gasteiger partial charge in [0.15, 0.2) is 0 Å². The maximum atomic E-state index is 12.7. The van der Waals surface area contributed by atoms with Crippen molar-refractivity contribution in [1.29, 1.82) is 0 Å². The summed E-state index contributed by atoms with van der Waals surface area (Å²) in [6.07, 6.45) is -3.34. The van der Waals surface area contributed by atoms with Crippen LogP contribution in [0, 0.1) is 0 Å². The number of amides is 1. The van der Waals surface area contributed by atoms with E-state index in [9.17, 15) is 22.8 Å². The summed E-state index contributed by atoms with van der Waals surface area (Å²) < 4.78 is 38.4. The molecular formula is C16H11BrF3N3O2S. The van der Waals surface area contributed by atoms with E-state index in [1.54, 1.807) is 10.7 Å². The number of thiophene rings is 1. The van der Waals surface area contributed by atoms with Crippen molar-refractivity contribution in [2.75, 3.05) is 6.54 Å². The van der Waals surface area contributed by atoms with E-state index in [1.165, 1.54) is 17.7 Å². The van der Waals surface area contributed by atoms with Gasteiger partial charge in [-0.15, -0.1) is 11.3 Å². The lowest BCUT2D eigenvalue weighted by Gasteiger charge is -2.09. The Labute approximate surface area is 157 Å². The van der Waals surface area contributed by atoms with E-state index in [0.717, 1.165) is 14.6 Å². The molecule has 0 radical (unpaired) electrons. The molecule has 2 aromatic heterocycles.